The minimum absolute atomic E-state index is 0.116. The van der Waals surface area contributed by atoms with Crippen LogP contribution in [0.1, 0.15) is 21.5 Å². The Balaban J connectivity index is 2.25. The fraction of sp³-hybridized carbons (Fsp3) is 0.176. The van der Waals surface area contributed by atoms with Crippen LogP contribution in [0.4, 0.5) is 0 Å². The van der Waals surface area contributed by atoms with Crippen LogP contribution < -0.4 is 20.5 Å². The Kier molecular flexibility index (Phi) is 6.00. The molecule has 7 heteroatoms. The van der Waals surface area contributed by atoms with Gasteiger partial charge < -0.3 is 15.2 Å². The normalized spacial score (nSPS) is 10.1. The molecule has 24 heavy (non-hydrogen) atoms. The van der Waals surface area contributed by atoms with Crippen molar-refractivity contribution in [1.29, 1.82) is 0 Å². The third kappa shape index (κ3) is 4.37. The molecule has 0 unspecified atom stereocenters. The minimum Gasteiger partial charge on any atom is -0.493 e. The zero-order valence-electron chi connectivity index (χ0n) is 13.3. The molecule has 0 saturated carbocycles. The molecular formula is C17H17ClN2O3S. The SMILES string of the molecule is COc1cc(C(=O)NC(N)=S)cc(Cl)c1OCc1ccccc1C. The van der Waals surface area contributed by atoms with E-state index in [9.17, 15) is 4.79 Å². The Bertz CT molecular complexity index is 780. The van der Waals surface area contributed by atoms with E-state index < -0.39 is 5.91 Å². The summed E-state index contributed by atoms with van der Waals surface area (Å²) in [5.41, 5.74) is 7.72. The number of carbonyl (C=O) groups is 1. The van der Waals surface area contributed by atoms with E-state index in [0.717, 1.165) is 11.1 Å². The van der Waals surface area contributed by atoms with Gasteiger partial charge in [0.05, 0.1) is 12.1 Å². The first-order valence-corrected chi connectivity index (χ1v) is 7.86. The average Bonchev–Trinajstić information content (AvgIpc) is 2.53. The largest absolute Gasteiger partial charge is 0.493 e. The molecule has 0 atom stereocenters. The van der Waals surface area contributed by atoms with E-state index in [1.54, 1.807) is 0 Å². The van der Waals surface area contributed by atoms with Crippen molar-refractivity contribution in [2.45, 2.75) is 13.5 Å². The highest BCUT2D eigenvalue weighted by atomic mass is 35.5. The van der Waals surface area contributed by atoms with Gasteiger partial charge in [-0.25, -0.2) is 0 Å². The van der Waals surface area contributed by atoms with E-state index >= 15 is 0 Å². The molecule has 0 aliphatic rings. The monoisotopic (exact) mass is 364 g/mol. The highest BCUT2D eigenvalue weighted by Gasteiger charge is 2.16. The molecule has 0 heterocycles. The highest BCUT2D eigenvalue weighted by molar-refractivity contribution is 7.80. The Hall–Kier alpha value is -2.31. The number of halogens is 1. The molecule has 0 aromatic heterocycles. The number of rotatable bonds is 5. The smallest absolute Gasteiger partial charge is 0.257 e. The van der Waals surface area contributed by atoms with Gasteiger partial charge >= 0.3 is 0 Å². The zero-order valence-corrected chi connectivity index (χ0v) is 14.8. The molecule has 2 rings (SSSR count). The quantitative estimate of drug-likeness (QED) is 0.797. The first-order chi connectivity index (χ1) is 11.4. The molecule has 5 nitrogen and oxygen atoms in total. The summed E-state index contributed by atoms with van der Waals surface area (Å²) >= 11 is 10.9. The molecule has 0 saturated heterocycles. The van der Waals surface area contributed by atoms with E-state index in [4.69, 9.17) is 26.8 Å². The Morgan fingerprint density at radius 1 is 1.33 bits per heavy atom. The van der Waals surface area contributed by atoms with Gasteiger partial charge in [-0.3, -0.25) is 10.1 Å². The molecule has 126 valence electrons. The van der Waals surface area contributed by atoms with Crippen LogP contribution in [-0.2, 0) is 6.61 Å². The van der Waals surface area contributed by atoms with Crippen LogP contribution >= 0.6 is 23.8 Å². The van der Waals surface area contributed by atoms with E-state index in [-0.39, 0.29) is 15.7 Å². The lowest BCUT2D eigenvalue weighted by Gasteiger charge is -2.15. The van der Waals surface area contributed by atoms with Crippen molar-refractivity contribution in [3.8, 4) is 11.5 Å². The van der Waals surface area contributed by atoms with Gasteiger partial charge in [-0.15, -0.1) is 0 Å². The van der Waals surface area contributed by atoms with Gasteiger partial charge in [0.1, 0.15) is 6.61 Å². The molecule has 3 N–H and O–H groups in total. The Labute approximate surface area is 150 Å². The standard InChI is InChI=1S/C17H17ClN2O3S/c1-10-5-3-4-6-11(10)9-23-15-13(18)7-12(8-14(15)22-2)16(21)20-17(19)24/h3-8H,9H2,1-2H3,(H3,19,20,21,24). The summed E-state index contributed by atoms with van der Waals surface area (Å²) in [4.78, 5) is 12.0. The highest BCUT2D eigenvalue weighted by Crippen LogP contribution is 2.37. The van der Waals surface area contributed by atoms with Crippen LogP contribution in [0.15, 0.2) is 36.4 Å². The second-order valence-electron chi connectivity index (χ2n) is 5.02. The lowest BCUT2D eigenvalue weighted by molar-refractivity contribution is 0.0977. The second kappa shape index (κ2) is 7.99. The van der Waals surface area contributed by atoms with Crippen LogP contribution in [0.2, 0.25) is 5.02 Å². The van der Waals surface area contributed by atoms with Crippen LogP contribution in [0.3, 0.4) is 0 Å². The number of methoxy groups -OCH3 is 1. The number of carbonyl (C=O) groups excluding carboxylic acids is 1. The summed E-state index contributed by atoms with van der Waals surface area (Å²) in [7, 11) is 1.47. The molecule has 0 aliphatic carbocycles. The minimum atomic E-state index is -0.465. The molecular weight excluding hydrogens is 348 g/mol. The van der Waals surface area contributed by atoms with Gasteiger partial charge in [-0.05, 0) is 42.4 Å². The summed E-state index contributed by atoms with van der Waals surface area (Å²) in [5.74, 6) is 0.256. The van der Waals surface area contributed by atoms with E-state index in [2.05, 4.69) is 17.5 Å². The predicted octanol–water partition coefficient (Wildman–Crippen LogP) is 3.21. The van der Waals surface area contributed by atoms with Crippen molar-refractivity contribution in [2.75, 3.05) is 7.11 Å². The molecule has 0 aliphatic heterocycles. The van der Waals surface area contributed by atoms with Gasteiger partial charge in [0.15, 0.2) is 16.6 Å². The molecule has 1 amide bonds. The number of benzene rings is 2. The molecule has 0 bridgehead atoms. The zero-order chi connectivity index (χ0) is 17.7. The summed E-state index contributed by atoms with van der Waals surface area (Å²) in [6.07, 6.45) is 0. The topological polar surface area (TPSA) is 73.6 Å². The van der Waals surface area contributed by atoms with E-state index in [0.29, 0.717) is 18.1 Å². The Morgan fingerprint density at radius 2 is 2.04 bits per heavy atom. The van der Waals surface area contributed by atoms with Crippen molar-refractivity contribution >= 4 is 34.8 Å². The fourth-order valence-corrected chi connectivity index (χ4v) is 2.45. The molecule has 0 spiro atoms. The number of nitrogens with two attached hydrogens (primary N) is 1. The lowest BCUT2D eigenvalue weighted by Crippen LogP contribution is -2.34. The lowest BCUT2D eigenvalue weighted by atomic mass is 10.1. The van der Waals surface area contributed by atoms with Gasteiger partial charge in [0, 0.05) is 5.56 Å². The predicted molar refractivity (Wildman–Crippen MR) is 97.8 cm³/mol. The van der Waals surface area contributed by atoms with Crippen molar-refractivity contribution < 1.29 is 14.3 Å². The second-order valence-corrected chi connectivity index (χ2v) is 5.87. The number of thiocarbonyl (C=S) groups is 1. The first kappa shape index (κ1) is 18.0. The molecule has 0 fully saturated rings. The number of hydrogen-bond acceptors (Lipinski definition) is 4. The molecule has 0 radical (unpaired) electrons. The maximum absolute atomic E-state index is 12.0. The number of ether oxygens (including phenoxy) is 2. The van der Waals surface area contributed by atoms with Gasteiger partial charge in [-0.1, -0.05) is 35.9 Å². The van der Waals surface area contributed by atoms with Gasteiger partial charge in [-0.2, -0.15) is 0 Å². The van der Waals surface area contributed by atoms with E-state index in [1.807, 2.05) is 31.2 Å². The number of hydrogen-bond donors (Lipinski definition) is 2. The van der Waals surface area contributed by atoms with Crippen LogP contribution in [0, 0.1) is 6.92 Å². The van der Waals surface area contributed by atoms with Crippen LogP contribution in [-0.4, -0.2) is 18.1 Å². The summed E-state index contributed by atoms with van der Waals surface area (Å²) in [5, 5.41) is 2.48. The van der Waals surface area contributed by atoms with Gasteiger partial charge in [0.25, 0.3) is 5.91 Å². The van der Waals surface area contributed by atoms with Crippen molar-refractivity contribution in [1.82, 2.24) is 5.32 Å². The third-order valence-electron chi connectivity index (χ3n) is 3.36. The average molecular weight is 365 g/mol. The van der Waals surface area contributed by atoms with E-state index in [1.165, 1.54) is 19.2 Å². The maximum atomic E-state index is 12.0. The fourth-order valence-electron chi connectivity index (χ4n) is 2.10. The molecule has 2 aromatic carbocycles. The summed E-state index contributed by atoms with van der Waals surface area (Å²) < 4.78 is 11.1. The third-order valence-corrected chi connectivity index (χ3v) is 3.74. The number of amides is 1. The summed E-state index contributed by atoms with van der Waals surface area (Å²) in [6, 6.07) is 10.9. The number of nitrogens with one attached hydrogen (secondary N) is 1. The van der Waals surface area contributed by atoms with Crippen LogP contribution in [0.25, 0.3) is 0 Å². The van der Waals surface area contributed by atoms with Crippen LogP contribution in [0.5, 0.6) is 11.5 Å². The van der Waals surface area contributed by atoms with Crippen molar-refractivity contribution in [3.63, 3.8) is 0 Å². The Morgan fingerprint density at radius 3 is 2.67 bits per heavy atom. The van der Waals surface area contributed by atoms with Crippen molar-refractivity contribution in [3.05, 3.63) is 58.1 Å². The maximum Gasteiger partial charge on any atom is 0.257 e. The number of aryl methyl sites for hydroxylation is 1. The summed E-state index contributed by atoms with van der Waals surface area (Å²) in [6.45, 7) is 2.34. The molecule has 2 aromatic rings. The van der Waals surface area contributed by atoms with Gasteiger partial charge in [0.2, 0.25) is 0 Å². The first-order valence-electron chi connectivity index (χ1n) is 7.08. The van der Waals surface area contributed by atoms with Crippen molar-refractivity contribution in [2.24, 2.45) is 5.73 Å².